The van der Waals surface area contributed by atoms with Gasteiger partial charge in [-0.3, -0.25) is 4.79 Å². The fourth-order valence-electron chi connectivity index (χ4n) is 1.68. The van der Waals surface area contributed by atoms with Crippen LogP contribution in [0.1, 0.15) is 15.9 Å². The summed E-state index contributed by atoms with van der Waals surface area (Å²) in [6.45, 7) is 0.235. The van der Waals surface area contributed by atoms with E-state index in [0.717, 1.165) is 5.56 Å². The number of carbonyl (C=O) groups excluding carboxylic acids is 1. The molecule has 106 valence electrons. The zero-order chi connectivity index (χ0) is 14.8. The highest BCUT2D eigenvalue weighted by Crippen LogP contribution is 2.21. The lowest BCUT2D eigenvalue weighted by atomic mass is 10.1. The second-order valence-corrected chi connectivity index (χ2v) is 7.47. The van der Waals surface area contributed by atoms with Crippen molar-refractivity contribution in [1.82, 2.24) is 4.31 Å². The fraction of sp³-hybridized carbons (Fsp3) is 0.154. The molecule has 0 fully saturated rings. The molecule has 2 N–H and O–H groups in total. The van der Waals surface area contributed by atoms with Gasteiger partial charge >= 0.3 is 0 Å². The van der Waals surface area contributed by atoms with E-state index >= 15 is 0 Å². The lowest BCUT2D eigenvalue weighted by Gasteiger charge is -2.16. The monoisotopic (exact) mass is 310 g/mol. The van der Waals surface area contributed by atoms with Crippen molar-refractivity contribution in [2.75, 3.05) is 7.05 Å². The van der Waals surface area contributed by atoms with Crippen LogP contribution in [0.25, 0.3) is 0 Å². The minimum atomic E-state index is -3.46. The zero-order valence-corrected chi connectivity index (χ0v) is 12.4. The Morgan fingerprint density at radius 3 is 2.40 bits per heavy atom. The quantitative estimate of drug-likeness (QED) is 0.912. The average molecular weight is 310 g/mol. The smallest absolute Gasteiger partial charge is 0.252 e. The maximum atomic E-state index is 12.2. The van der Waals surface area contributed by atoms with Crippen LogP contribution in [0.15, 0.2) is 46.0 Å². The molecule has 2 rings (SSSR count). The molecule has 2 aromatic rings. The summed E-state index contributed by atoms with van der Waals surface area (Å²) in [6, 6.07) is 9.84. The molecule has 0 spiro atoms. The van der Waals surface area contributed by atoms with Gasteiger partial charge < -0.3 is 5.73 Å². The normalized spacial score (nSPS) is 11.7. The number of sulfonamides is 1. The van der Waals surface area contributed by atoms with Crippen LogP contribution in [0.2, 0.25) is 0 Å². The SMILES string of the molecule is CN(Cc1ccc(C(N)=O)cc1)S(=O)(=O)c1cccs1. The molecular formula is C13H14N2O3S2. The van der Waals surface area contributed by atoms with E-state index in [1.54, 1.807) is 41.8 Å². The summed E-state index contributed by atoms with van der Waals surface area (Å²) in [7, 11) is -1.94. The topological polar surface area (TPSA) is 80.5 Å². The van der Waals surface area contributed by atoms with Gasteiger partial charge in [0.25, 0.3) is 10.0 Å². The van der Waals surface area contributed by atoms with E-state index in [0.29, 0.717) is 9.77 Å². The number of nitrogens with two attached hydrogens (primary N) is 1. The number of benzene rings is 1. The maximum Gasteiger partial charge on any atom is 0.252 e. The highest BCUT2D eigenvalue weighted by molar-refractivity contribution is 7.91. The van der Waals surface area contributed by atoms with Crippen molar-refractivity contribution in [2.45, 2.75) is 10.8 Å². The van der Waals surface area contributed by atoms with Crippen molar-refractivity contribution >= 4 is 27.3 Å². The van der Waals surface area contributed by atoms with Gasteiger partial charge in [0.05, 0.1) is 0 Å². The van der Waals surface area contributed by atoms with Crippen molar-refractivity contribution in [1.29, 1.82) is 0 Å². The van der Waals surface area contributed by atoms with Gasteiger partial charge in [0.1, 0.15) is 4.21 Å². The highest BCUT2D eigenvalue weighted by atomic mass is 32.2. The molecule has 1 aromatic heterocycles. The Morgan fingerprint density at radius 1 is 1.25 bits per heavy atom. The van der Waals surface area contributed by atoms with Gasteiger partial charge in [-0.1, -0.05) is 18.2 Å². The molecule has 0 aliphatic carbocycles. The third-order valence-corrected chi connectivity index (χ3v) is 5.98. The van der Waals surface area contributed by atoms with E-state index in [4.69, 9.17) is 5.73 Å². The maximum absolute atomic E-state index is 12.2. The Hall–Kier alpha value is -1.70. The van der Waals surface area contributed by atoms with E-state index in [1.807, 2.05) is 0 Å². The third kappa shape index (κ3) is 3.06. The van der Waals surface area contributed by atoms with E-state index in [9.17, 15) is 13.2 Å². The Morgan fingerprint density at radius 2 is 1.90 bits per heavy atom. The summed E-state index contributed by atoms with van der Waals surface area (Å²) in [4.78, 5) is 11.0. The van der Waals surface area contributed by atoms with E-state index in [-0.39, 0.29) is 6.54 Å². The molecule has 0 aliphatic rings. The molecule has 1 heterocycles. The number of nitrogens with zero attached hydrogens (tertiary/aromatic N) is 1. The molecule has 0 radical (unpaired) electrons. The van der Waals surface area contributed by atoms with Crippen LogP contribution < -0.4 is 5.73 Å². The predicted molar refractivity (Wildman–Crippen MR) is 77.9 cm³/mol. The molecule has 0 atom stereocenters. The summed E-state index contributed by atoms with van der Waals surface area (Å²) >= 11 is 1.18. The van der Waals surface area contributed by atoms with E-state index in [1.165, 1.54) is 22.7 Å². The van der Waals surface area contributed by atoms with Crippen LogP contribution in [-0.2, 0) is 16.6 Å². The zero-order valence-electron chi connectivity index (χ0n) is 10.8. The van der Waals surface area contributed by atoms with E-state index < -0.39 is 15.9 Å². The number of hydrogen-bond donors (Lipinski definition) is 1. The lowest BCUT2D eigenvalue weighted by molar-refractivity contribution is 0.100. The molecule has 0 aliphatic heterocycles. The lowest BCUT2D eigenvalue weighted by Crippen LogP contribution is -2.25. The molecule has 0 bridgehead atoms. The number of amides is 1. The minimum Gasteiger partial charge on any atom is -0.366 e. The van der Waals surface area contributed by atoms with Gasteiger partial charge in [-0.05, 0) is 29.1 Å². The number of rotatable bonds is 5. The number of thiophene rings is 1. The summed E-state index contributed by atoms with van der Waals surface area (Å²) < 4.78 is 26.1. The van der Waals surface area contributed by atoms with Crippen molar-refractivity contribution in [3.63, 3.8) is 0 Å². The number of hydrogen-bond acceptors (Lipinski definition) is 4. The second-order valence-electron chi connectivity index (χ2n) is 4.25. The van der Waals surface area contributed by atoms with Gasteiger partial charge in [-0.25, -0.2) is 8.42 Å². The van der Waals surface area contributed by atoms with Crippen molar-refractivity contribution in [2.24, 2.45) is 5.73 Å². The van der Waals surface area contributed by atoms with Crippen LogP contribution in [0.4, 0.5) is 0 Å². The van der Waals surface area contributed by atoms with Crippen LogP contribution in [0.3, 0.4) is 0 Å². The first-order chi connectivity index (χ1) is 9.41. The molecule has 5 nitrogen and oxygen atoms in total. The molecule has 0 saturated carbocycles. The average Bonchev–Trinajstić information content (AvgIpc) is 2.93. The predicted octanol–water partition coefficient (Wildman–Crippen LogP) is 1.67. The van der Waals surface area contributed by atoms with Gasteiger partial charge in [0.2, 0.25) is 5.91 Å². The van der Waals surface area contributed by atoms with Crippen LogP contribution in [0.5, 0.6) is 0 Å². The Kier molecular flexibility index (Phi) is 4.22. The molecule has 7 heteroatoms. The largest absolute Gasteiger partial charge is 0.366 e. The minimum absolute atomic E-state index is 0.235. The Bertz CT molecular complexity index is 692. The highest BCUT2D eigenvalue weighted by Gasteiger charge is 2.21. The Labute approximate surface area is 121 Å². The van der Waals surface area contributed by atoms with Crippen LogP contribution in [-0.4, -0.2) is 25.7 Å². The van der Waals surface area contributed by atoms with Gasteiger partial charge in [-0.2, -0.15) is 4.31 Å². The standard InChI is InChI=1S/C13H14N2O3S2/c1-15(20(17,18)12-3-2-8-19-12)9-10-4-6-11(7-5-10)13(14)16/h2-8H,9H2,1H3,(H2,14,16). The van der Waals surface area contributed by atoms with Crippen LogP contribution in [0, 0.1) is 0 Å². The molecule has 1 amide bonds. The van der Waals surface area contributed by atoms with Gasteiger partial charge in [0, 0.05) is 19.2 Å². The van der Waals surface area contributed by atoms with Crippen molar-refractivity contribution in [3.8, 4) is 0 Å². The summed E-state index contributed by atoms with van der Waals surface area (Å²) in [6.07, 6.45) is 0. The molecule has 0 saturated heterocycles. The first kappa shape index (κ1) is 14.7. The summed E-state index contributed by atoms with van der Waals surface area (Å²) in [5.41, 5.74) is 6.34. The second kappa shape index (κ2) is 5.74. The molecule has 0 unspecified atom stereocenters. The third-order valence-electron chi connectivity index (χ3n) is 2.80. The first-order valence-electron chi connectivity index (χ1n) is 5.80. The van der Waals surface area contributed by atoms with Crippen molar-refractivity contribution in [3.05, 3.63) is 52.9 Å². The van der Waals surface area contributed by atoms with Crippen molar-refractivity contribution < 1.29 is 13.2 Å². The van der Waals surface area contributed by atoms with Crippen LogP contribution >= 0.6 is 11.3 Å². The molecule has 1 aromatic carbocycles. The number of carbonyl (C=O) groups is 1. The van der Waals surface area contributed by atoms with E-state index in [2.05, 4.69) is 0 Å². The molecule has 20 heavy (non-hydrogen) atoms. The molecular weight excluding hydrogens is 296 g/mol. The van der Waals surface area contributed by atoms with Gasteiger partial charge in [-0.15, -0.1) is 11.3 Å². The summed E-state index contributed by atoms with van der Waals surface area (Å²) in [5, 5.41) is 1.72. The van der Waals surface area contributed by atoms with Gasteiger partial charge in [0.15, 0.2) is 0 Å². The number of primary amides is 1. The fourth-order valence-corrected chi connectivity index (χ4v) is 4.04. The Balaban J connectivity index is 2.16. The summed E-state index contributed by atoms with van der Waals surface area (Å²) in [5.74, 6) is -0.504. The first-order valence-corrected chi connectivity index (χ1v) is 8.12.